The fraction of sp³-hybridized carbons (Fsp3) is 0.300. The number of nitrogens with zero attached hydrogens (tertiary/aromatic N) is 1. The predicted molar refractivity (Wildman–Crippen MR) is 90.5 cm³/mol. The van der Waals surface area contributed by atoms with E-state index in [1.165, 1.54) is 19.1 Å². The lowest BCUT2D eigenvalue weighted by molar-refractivity contribution is 0.0611. The second-order valence-corrected chi connectivity index (χ2v) is 6.20. The molecule has 2 aromatic carbocycles. The molecular formula is C20H20FNO2. The number of hydrogen-bond donors (Lipinski definition) is 0. The van der Waals surface area contributed by atoms with Crippen LogP contribution in [0.2, 0.25) is 0 Å². The minimum atomic E-state index is -0.276. The molecule has 3 nitrogen and oxygen atoms in total. The lowest BCUT2D eigenvalue weighted by Crippen LogP contribution is -2.38. The summed E-state index contributed by atoms with van der Waals surface area (Å²) in [5, 5.41) is 0. The number of Topliss-reactive ketones (excluding diaryl/α,β-unsaturated/α-hetero) is 1. The summed E-state index contributed by atoms with van der Waals surface area (Å²) in [5.74, 6) is -0.410. The summed E-state index contributed by atoms with van der Waals surface area (Å²) in [7, 11) is 0. The lowest BCUT2D eigenvalue weighted by Gasteiger charge is -2.36. The molecule has 1 saturated heterocycles. The molecule has 2 aromatic rings. The zero-order valence-corrected chi connectivity index (χ0v) is 13.7. The van der Waals surface area contributed by atoms with Crippen molar-refractivity contribution in [1.82, 2.24) is 4.90 Å². The average molecular weight is 325 g/mol. The van der Waals surface area contributed by atoms with Crippen molar-refractivity contribution in [1.29, 1.82) is 0 Å². The van der Waals surface area contributed by atoms with Crippen molar-refractivity contribution in [2.45, 2.75) is 32.2 Å². The summed E-state index contributed by atoms with van der Waals surface area (Å²) in [6.45, 7) is 2.16. The molecule has 0 aromatic heterocycles. The molecule has 1 fully saturated rings. The van der Waals surface area contributed by atoms with Crippen LogP contribution in [0.15, 0.2) is 48.5 Å². The van der Waals surface area contributed by atoms with Crippen LogP contribution in [-0.4, -0.2) is 23.1 Å². The van der Waals surface area contributed by atoms with Crippen LogP contribution in [0.3, 0.4) is 0 Å². The number of benzene rings is 2. The summed E-state index contributed by atoms with van der Waals surface area (Å²) >= 11 is 0. The minimum Gasteiger partial charge on any atom is -0.332 e. The Kier molecular flexibility index (Phi) is 4.74. The van der Waals surface area contributed by atoms with Gasteiger partial charge in [0.2, 0.25) is 0 Å². The lowest BCUT2D eigenvalue weighted by atomic mass is 9.94. The predicted octanol–water partition coefficient (Wildman–Crippen LogP) is 4.40. The van der Waals surface area contributed by atoms with E-state index in [0.717, 1.165) is 24.8 Å². The largest absolute Gasteiger partial charge is 0.332 e. The smallest absolute Gasteiger partial charge is 0.254 e. The quantitative estimate of drug-likeness (QED) is 0.785. The normalized spacial score (nSPS) is 17.6. The van der Waals surface area contributed by atoms with Crippen molar-refractivity contribution in [2.75, 3.05) is 6.54 Å². The monoisotopic (exact) mass is 325 g/mol. The number of rotatable bonds is 3. The molecule has 3 rings (SSSR count). The summed E-state index contributed by atoms with van der Waals surface area (Å²) in [4.78, 5) is 26.4. The van der Waals surface area contributed by atoms with Gasteiger partial charge in [-0.3, -0.25) is 9.59 Å². The SMILES string of the molecule is CC(=O)c1cccc(C(=O)N2CCCC[C@H]2c2ccc(F)cc2)c1. The molecule has 0 saturated carbocycles. The number of amides is 1. The maximum absolute atomic E-state index is 13.2. The molecule has 1 aliphatic rings. The van der Waals surface area contributed by atoms with Crippen molar-refractivity contribution in [3.05, 3.63) is 71.0 Å². The Bertz CT molecular complexity index is 754. The van der Waals surface area contributed by atoms with Crippen LogP contribution < -0.4 is 0 Å². The molecule has 0 N–H and O–H groups in total. The van der Waals surface area contributed by atoms with E-state index in [-0.39, 0.29) is 23.5 Å². The first-order valence-electron chi connectivity index (χ1n) is 8.23. The summed E-state index contributed by atoms with van der Waals surface area (Å²) < 4.78 is 13.2. The second-order valence-electron chi connectivity index (χ2n) is 6.20. The second kappa shape index (κ2) is 6.95. The molecule has 1 aliphatic heterocycles. The number of likely N-dealkylation sites (tertiary alicyclic amines) is 1. The van der Waals surface area contributed by atoms with Gasteiger partial charge in [-0.2, -0.15) is 0 Å². The highest BCUT2D eigenvalue weighted by Crippen LogP contribution is 2.32. The van der Waals surface area contributed by atoms with E-state index < -0.39 is 0 Å². The third-order valence-electron chi connectivity index (χ3n) is 4.53. The van der Waals surface area contributed by atoms with Gasteiger partial charge in [-0.15, -0.1) is 0 Å². The highest BCUT2D eigenvalue weighted by Gasteiger charge is 2.28. The van der Waals surface area contributed by atoms with Crippen LogP contribution in [0.1, 0.15) is 58.5 Å². The van der Waals surface area contributed by atoms with Gasteiger partial charge in [-0.25, -0.2) is 4.39 Å². The zero-order chi connectivity index (χ0) is 17.1. The molecule has 0 aliphatic carbocycles. The van der Waals surface area contributed by atoms with Crippen LogP contribution in [0.25, 0.3) is 0 Å². The first-order valence-corrected chi connectivity index (χ1v) is 8.23. The van der Waals surface area contributed by atoms with E-state index in [9.17, 15) is 14.0 Å². The number of ketones is 1. The molecule has 0 unspecified atom stereocenters. The third-order valence-corrected chi connectivity index (χ3v) is 4.53. The van der Waals surface area contributed by atoms with Gasteiger partial charge in [0, 0.05) is 17.7 Å². The van der Waals surface area contributed by atoms with Gasteiger partial charge in [0.1, 0.15) is 5.82 Å². The van der Waals surface area contributed by atoms with Gasteiger partial charge in [0.15, 0.2) is 5.78 Å². The van der Waals surface area contributed by atoms with Crippen LogP contribution >= 0.6 is 0 Å². The van der Waals surface area contributed by atoms with Gasteiger partial charge in [0.25, 0.3) is 5.91 Å². The highest BCUT2D eigenvalue weighted by molar-refractivity contribution is 5.99. The first-order chi connectivity index (χ1) is 11.6. The minimum absolute atomic E-state index is 0.0483. The van der Waals surface area contributed by atoms with Crippen LogP contribution in [0.5, 0.6) is 0 Å². The van der Waals surface area contributed by atoms with E-state index in [0.29, 0.717) is 17.7 Å². The topological polar surface area (TPSA) is 37.4 Å². The molecular weight excluding hydrogens is 305 g/mol. The maximum atomic E-state index is 13.2. The Morgan fingerprint density at radius 2 is 1.75 bits per heavy atom. The molecule has 0 radical (unpaired) electrons. The highest BCUT2D eigenvalue weighted by atomic mass is 19.1. The third kappa shape index (κ3) is 3.37. The molecule has 0 bridgehead atoms. The van der Waals surface area contributed by atoms with Gasteiger partial charge < -0.3 is 4.90 Å². The van der Waals surface area contributed by atoms with Crippen molar-refractivity contribution < 1.29 is 14.0 Å². The summed E-state index contributed by atoms with van der Waals surface area (Å²) in [6.07, 6.45) is 2.86. The average Bonchev–Trinajstić information content (AvgIpc) is 2.62. The molecule has 4 heteroatoms. The van der Waals surface area contributed by atoms with Crippen molar-refractivity contribution >= 4 is 11.7 Å². The molecule has 124 valence electrons. The zero-order valence-electron chi connectivity index (χ0n) is 13.7. The number of carbonyl (C=O) groups is 2. The summed E-state index contributed by atoms with van der Waals surface area (Å²) in [5.41, 5.74) is 2.01. The Labute approximate surface area is 141 Å². The van der Waals surface area contributed by atoms with Crippen molar-refractivity contribution in [3.8, 4) is 0 Å². The van der Waals surface area contributed by atoms with E-state index in [4.69, 9.17) is 0 Å². The standard InChI is InChI=1S/C20H20FNO2/c1-14(23)16-5-4-6-17(13-16)20(24)22-12-3-2-7-19(22)15-8-10-18(21)11-9-15/h4-6,8-11,13,19H,2-3,7,12H2,1H3/t19-/m0/s1. The van der Waals surface area contributed by atoms with Gasteiger partial charge in [-0.05, 0) is 56.0 Å². The molecule has 1 amide bonds. The number of hydrogen-bond acceptors (Lipinski definition) is 2. The fourth-order valence-electron chi connectivity index (χ4n) is 3.24. The fourth-order valence-corrected chi connectivity index (χ4v) is 3.24. The van der Waals surface area contributed by atoms with E-state index >= 15 is 0 Å². The van der Waals surface area contributed by atoms with Gasteiger partial charge in [0.05, 0.1) is 6.04 Å². The summed E-state index contributed by atoms with van der Waals surface area (Å²) in [6, 6.07) is 13.2. The maximum Gasteiger partial charge on any atom is 0.254 e. The Morgan fingerprint density at radius 3 is 2.46 bits per heavy atom. The van der Waals surface area contributed by atoms with Crippen LogP contribution in [0, 0.1) is 5.82 Å². The molecule has 1 heterocycles. The Hall–Kier alpha value is -2.49. The van der Waals surface area contributed by atoms with Crippen molar-refractivity contribution in [3.63, 3.8) is 0 Å². The van der Waals surface area contributed by atoms with Crippen LogP contribution in [-0.2, 0) is 0 Å². The molecule has 24 heavy (non-hydrogen) atoms. The number of piperidine rings is 1. The van der Waals surface area contributed by atoms with E-state index in [2.05, 4.69) is 0 Å². The molecule has 0 spiro atoms. The van der Waals surface area contributed by atoms with E-state index in [1.807, 2.05) is 4.90 Å². The van der Waals surface area contributed by atoms with Gasteiger partial charge in [-0.1, -0.05) is 24.3 Å². The van der Waals surface area contributed by atoms with Crippen LogP contribution in [0.4, 0.5) is 4.39 Å². The number of carbonyl (C=O) groups excluding carboxylic acids is 2. The van der Waals surface area contributed by atoms with Crippen molar-refractivity contribution in [2.24, 2.45) is 0 Å². The first kappa shape index (κ1) is 16.4. The Morgan fingerprint density at radius 1 is 1.04 bits per heavy atom. The van der Waals surface area contributed by atoms with Gasteiger partial charge >= 0.3 is 0 Å². The Balaban J connectivity index is 1.90. The van der Waals surface area contributed by atoms with E-state index in [1.54, 1.807) is 36.4 Å². The molecule has 1 atom stereocenters. The number of halogens is 1.